The van der Waals surface area contributed by atoms with Gasteiger partial charge in [-0.15, -0.1) is 11.8 Å². The molecule has 7 nitrogen and oxygen atoms in total. The fraction of sp³-hybridized carbons (Fsp3) is 0.433. The molecule has 0 saturated carbocycles. The maximum Gasteiger partial charge on any atom is 0.240 e. The molecule has 0 unspecified atom stereocenters. The third-order valence-corrected chi connectivity index (χ3v) is 7.89. The highest BCUT2D eigenvalue weighted by atomic mass is 32.2. The van der Waals surface area contributed by atoms with Crippen molar-refractivity contribution < 1.29 is 14.3 Å². The maximum atomic E-state index is 13.7. The minimum Gasteiger partial charge on any atom is -0.385 e. The molecule has 0 bridgehead atoms. The standard InChI is InChI=1S/C30H38N4O3S/c1-20-11-9-13-22(17-20)27-26-28(30(3,4)5)32-34(23-14-8-7-12-21(23)2)29(26)33(25(36)19-38-27)18-24(35)31-15-10-16-37-6/h7-9,11-14,17,27H,10,15-16,18-19H2,1-6H3,(H,31,35)/t27-/m0/s1. The summed E-state index contributed by atoms with van der Waals surface area (Å²) in [4.78, 5) is 28.4. The second-order valence-corrected chi connectivity index (χ2v) is 11.9. The third-order valence-electron chi connectivity index (χ3n) is 6.64. The lowest BCUT2D eigenvalue weighted by atomic mass is 9.87. The van der Waals surface area contributed by atoms with E-state index in [9.17, 15) is 9.59 Å². The molecule has 1 aliphatic rings. The van der Waals surface area contributed by atoms with Crippen molar-refractivity contribution in [1.29, 1.82) is 0 Å². The minimum absolute atomic E-state index is 0.0684. The molecule has 0 fully saturated rings. The number of thioether (sulfide) groups is 1. The number of para-hydroxylation sites is 1. The fourth-order valence-corrected chi connectivity index (χ4v) is 5.97. The molecule has 0 spiro atoms. The number of nitrogens with one attached hydrogen (secondary N) is 1. The number of amides is 2. The normalized spacial score (nSPS) is 15.8. The number of aromatic nitrogens is 2. The zero-order valence-corrected chi connectivity index (χ0v) is 24.0. The van der Waals surface area contributed by atoms with E-state index in [1.807, 2.05) is 35.9 Å². The Morgan fingerprint density at radius 1 is 1.16 bits per heavy atom. The summed E-state index contributed by atoms with van der Waals surface area (Å²) in [5, 5.41) is 8.02. The van der Waals surface area contributed by atoms with Gasteiger partial charge in [0.05, 0.1) is 22.4 Å². The highest BCUT2D eigenvalue weighted by molar-refractivity contribution is 8.00. The predicted octanol–water partition coefficient (Wildman–Crippen LogP) is 5.11. The van der Waals surface area contributed by atoms with Gasteiger partial charge in [0.2, 0.25) is 11.8 Å². The van der Waals surface area contributed by atoms with Gasteiger partial charge in [0.1, 0.15) is 12.4 Å². The lowest BCUT2D eigenvalue weighted by Crippen LogP contribution is -2.42. The number of hydrogen-bond acceptors (Lipinski definition) is 5. The summed E-state index contributed by atoms with van der Waals surface area (Å²) in [6, 6.07) is 16.5. The molecule has 4 rings (SSSR count). The van der Waals surface area contributed by atoms with Crippen LogP contribution in [0.15, 0.2) is 48.5 Å². The second-order valence-electron chi connectivity index (χ2n) is 10.8. The van der Waals surface area contributed by atoms with Crippen LogP contribution in [0, 0.1) is 13.8 Å². The summed E-state index contributed by atoms with van der Waals surface area (Å²) >= 11 is 1.60. The molecule has 2 heterocycles. The molecule has 3 aromatic rings. The fourth-order valence-electron chi connectivity index (χ4n) is 4.78. The van der Waals surface area contributed by atoms with Gasteiger partial charge in [0, 0.05) is 31.2 Å². The van der Waals surface area contributed by atoms with Gasteiger partial charge in [-0.3, -0.25) is 14.5 Å². The van der Waals surface area contributed by atoms with E-state index in [2.05, 4.69) is 57.3 Å². The lowest BCUT2D eigenvalue weighted by Gasteiger charge is -2.25. The van der Waals surface area contributed by atoms with Crippen molar-refractivity contribution in [2.24, 2.45) is 0 Å². The van der Waals surface area contributed by atoms with E-state index < -0.39 is 0 Å². The van der Waals surface area contributed by atoms with E-state index >= 15 is 0 Å². The highest BCUT2D eigenvalue weighted by Crippen LogP contribution is 2.48. The van der Waals surface area contributed by atoms with E-state index in [-0.39, 0.29) is 34.8 Å². The molecule has 0 radical (unpaired) electrons. The summed E-state index contributed by atoms with van der Waals surface area (Å²) in [5.41, 5.74) is 5.86. The van der Waals surface area contributed by atoms with Crippen LogP contribution in [-0.2, 0) is 19.7 Å². The first-order valence-electron chi connectivity index (χ1n) is 13.1. The highest BCUT2D eigenvalue weighted by Gasteiger charge is 2.40. The number of benzene rings is 2. The largest absolute Gasteiger partial charge is 0.385 e. The first-order chi connectivity index (χ1) is 18.1. The smallest absolute Gasteiger partial charge is 0.240 e. The molecule has 1 aromatic heterocycles. The zero-order chi connectivity index (χ0) is 27.4. The van der Waals surface area contributed by atoms with Crippen LogP contribution in [0.3, 0.4) is 0 Å². The number of anilines is 1. The van der Waals surface area contributed by atoms with Crippen LogP contribution >= 0.6 is 11.8 Å². The summed E-state index contributed by atoms with van der Waals surface area (Å²) < 4.78 is 6.98. The average molecular weight is 535 g/mol. The van der Waals surface area contributed by atoms with Gasteiger partial charge in [-0.25, -0.2) is 4.68 Å². The number of ether oxygens (including phenoxy) is 1. The maximum absolute atomic E-state index is 13.7. The molecule has 1 atom stereocenters. The Bertz CT molecular complexity index is 1310. The zero-order valence-electron chi connectivity index (χ0n) is 23.2. The molecular weight excluding hydrogens is 496 g/mol. The molecule has 0 aliphatic carbocycles. The summed E-state index contributed by atoms with van der Waals surface area (Å²) in [5.74, 6) is 0.641. The van der Waals surface area contributed by atoms with Crippen molar-refractivity contribution in [1.82, 2.24) is 15.1 Å². The number of aryl methyl sites for hydroxylation is 2. The first-order valence-corrected chi connectivity index (χ1v) is 14.1. The topological polar surface area (TPSA) is 76.5 Å². The van der Waals surface area contributed by atoms with Crippen molar-refractivity contribution in [3.8, 4) is 5.69 Å². The number of rotatable bonds is 8. The Hall–Kier alpha value is -3.10. The van der Waals surface area contributed by atoms with Crippen LogP contribution in [0.5, 0.6) is 0 Å². The van der Waals surface area contributed by atoms with Gasteiger partial charge in [-0.1, -0.05) is 68.8 Å². The van der Waals surface area contributed by atoms with Crippen LogP contribution in [0.2, 0.25) is 0 Å². The van der Waals surface area contributed by atoms with E-state index in [0.29, 0.717) is 25.4 Å². The van der Waals surface area contributed by atoms with Gasteiger partial charge in [0.25, 0.3) is 0 Å². The van der Waals surface area contributed by atoms with E-state index in [0.717, 1.165) is 33.6 Å². The van der Waals surface area contributed by atoms with Gasteiger partial charge in [0.15, 0.2) is 0 Å². The quantitative estimate of drug-likeness (QED) is 0.407. The summed E-state index contributed by atoms with van der Waals surface area (Å²) in [7, 11) is 1.64. The van der Waals surface area contributed by atoms with Crippen molar-refractivity contribution >= 4 is 29.4 Å². The summed E-state index contributed by atoms with van der Waals surface area (Å²) in [6.45, 7) is 11.6. The Morgan fingerprint density at radius 2 is 1.92 bits per heavy atom. The van der Waals surface area contributed by atoms with Crippen LogP contribution in [-0.4, -0.2) is 54.2 Å². The molecule has 202 valence electrons. The van der Waals surface area contributed by atoms with Crippen molar-refractivity contribution in [2.75, 3.05) is 37.5 Å². The molecular formula is C30H38N4O3S. The number of nitrogens with zero attached hydrogens (tertiary/aromatic N) is 3. The molecule has 1 aliphatic heterocycles. The Balaban J connectivity index is 1.92. The van der Waals surface area contributed by atoms with Crippen molar-refractivity contribution in [2.45, 2.75) is 51.7 Å². The number of fused-ring (bicyclic) bond motifs is 1. The van der Waals surface area contributed by atoms with Crippen LogP contribution in [0.1, 0.15) is 60.4 Å². The third kappa shape index (κ3) is 5.97. The lowest BCUT2D eigenvalue weighted by molar-refractivity contribution is -0.122. The van der Waals surface area contributed by atoms with Gasteiger partial charge >= 0.3 is 0 Å². The van der Waals surface area contributed by atoms with E-state index in [1.54, 1.807) is 23.8 Å². The van der Waals surface area contributed by atoms with E-state index in [4.69, 9.17) is 9.84 Å². The van der Waals surface area contributed by atoms with Gasteiger partial charge in [-0.05, 0) is 37.5 Å². The minimum atomic E-state index is -0.290. The van der Waals surface area contributed by atoms with Crippen LogP contribution in [0.4, 0.5) is 5.82 Å². The molecule has 0 saturated heterocycles. The van der Waals surface area contributed by atoms with Crippen LogP contribution < -0.4 is 10.2 Å². The van der Waals surface area contributed by atoms with Gasteiger partial charge in [-0.2, -0.15) is 5.10 Å². The molecule has 2 amide bonds. The monoisotopic (exact) mass is 534 g/mol. The molecule has 8 heteroatoms. The Labute approximate surface area is 229 Å². The Morgan fingerprint density at radius 3 is 2.61 bits per heavy atom. The summed E-state index contributed by atoms with van der Waals surface area (Å²) in [6.07, 6.45) is 0.710. The molecule has 2 aromatic carbocycles. The van der Waals surface area contributed by atoms with Crippen molar-refractivity contribution in [3.05, 3.63) is 76.5 Å². The number of methoxy groups -OCH3 is 1. The van der Waals surface area contributed by atoms with Crippen molar-refractivity contribution in [3.63, 3.8) is 0 Å². The van der Waals surface area contributed by atoms with E-state index in [1.165, 1.54) is 0 Å². The number of carbonyl (C=O) groups is 2. The average Bonchev–Trinajstić information content (AvgIpc) is 3.20. The molecule has 1 N–H and O–H groups in total. The Kier molecular flexibility index (Phi) is 8.63. The molecule has 38 heavy (non-hydrogen) atoms. The number of carbonyl (C=O) groups excluding carboxylic acids is 2. The first kappa shape index (κ1) is 27.9. The van der Waals surface area contributed by atoms with Gasteiger partial charge < -0.3 is 10.1 Å². The second kappa shape index (κ2) is 11.7. The van der Waals surface area contributed by atoms with Crippen LogP contribution in [0.25, 0.3) is 5.69 Å². The number of hydrogen-bond donors (Lipinski definition) is 1. The SMILES string of the molecule is COCCCNC(=O)CN1C(=O)CS[C@@H](c2cccc(C)c2)c2c(C(C)(C)C)nn(-c3ccccc3C)c21. The predicted molar refractivity (Wildman–Crippen MR) is 154 cm³/mol.